The fraction of sp³-hybridized carbons (Fsp3) is 0.333. The maximum Gasteiger partial charge on any atom is 0.123 e. The molecule has 4 nitrogen and oxygen atoms in total. The highest BCUT2D eigenvalue weighted by Crippen LogP contribution is 2.22. The molecule has 1 aromatic heterocycles. The Morgan fingerprint density at radius 3 is 2.80 bits per heavy atom. The van der Waals surface area contributed by atoms with Crippen LogP contribution in [0.4, 0.5) is 0 Å². The van der Waals surface area contributed by atoms with Crippen molar-refractivity contribution in [2.75, 3.05) is 14.2 Å². The molecule has 0 bridgehead atoms. The summed E-state index contributed by atoms with van der Waals surface area (Å²) < 4.78 is 5.36. The third-order valence-corrected chi connectivity index (χ3v) is 4.03. The molecule has 104 valence electrons. The van der Waals surface area contributed by atoms with Crippen molar-refractivity contribution in [2.45, 2.75) is 20.0 Å². The van der Waals surface area contributed by atoms with Crippen molar-refractivity contribution >= 4 is 11.3 Å². The third kappa shape index (κ3) is 3.35. The lowest BCUT2D eigenvalue weighted by Gasteiger charge is -2.18. The zero-order valence-electron chi connectivity index (χ0n) is 11.9. The molecule has 0 radical (unpaired) electrons. The summed E-state index contributed by atoms with van der Waals surface area (Å²) in [7, 11) is 3.70. The van der Waals surface area contributed by atoms with E-state index in [9.17, 15) is 0 Å². The first kappa shape index (κ1) is 14.5. The van der Waals surface area contributed by atoms with E-state index in [1.165, 1.54) is 4.88 Å². The van der Waals surface area contributed by atoms with Gasteiger partial charge in [-0.05, 0) is 32.2 Å². The van der Waals surface area contributed by atoms with Crippen LogP contribution in [-0.2, 0) is 13.1 Å². The summed E-state index contributed by atoms with van der Waals surface area (Å²) in [6, 6.07) is 7.67. The highest BCUT2D eigenvalue weighted by Gasteiger charge is 2.10. The number of benzene rings is 1. The van der Waals surface area contributed by atoms with E-state index >= 15 is 0 Å². The summed E-state index contributed by atoms with van der Waals surface area (Å²) in [6.07, 6.45) is 0. The van der Waals surface area contributed by atoms with Crippen LogP contribution >= 0.6 is 11.3 Å². The maximum atomic E-state index is 8.99. The zero-order valence-corrected chi connectivity index (χ0v) is 12.7. The summed E-state index contributed by atoms with van der Waals surface area (Å²) >= 11 is 1.67. The van der Waals surface area contributed by atoms with Gasteiger partial charge in [0.1, 0.15) is 5.75 Å². The van der Waals surface area contributed by atoms with Crippen LogP contribution in [0.15, 0.2) is 23.7 Å². The molecule has 5 heteroatoms. The van der Waals surface area contributed by atoms with Crippen LogP contribution in [0.1, 0.15) is 21.7 Å². The zero-order chi connectivity index (χ0) is 14.5. The van der Waals surface area contributed by atoms with Crippen LogP contribution < -0.4 is 4.74 Å². The molecule has 1 aromatic carbocycles. The van der Waals surface area contributed by atoms with E-state index in [0.717, 1.165) is 30.1 Å². The minimum atomic E-state index is 0.656. The second-order valence-electron chi connectivity index (χ2n) is 4.67. The number of nitriles is 1. The van der Waals surface area contributed by atoms with E-state index in [1.807, 2.05) is 24.6 Å². The second-order valence-corrected chi connectivity index (χ2v) is 5.61. The molecule has 0 saturated heterocycles. The summed E-state index contributed by atoms with van der Waals surface area (Å²) in [6.45, 7) is 3.60. The lowest BCUT2D eigenvalue weighted by Crippen LogP contribution is -2.17. The molecule has 2 aromatic rings. The molecule has 0 aliphatic rings. The fourth-order valence-electron chi connectivity index (χ4n) is 2.04. The van der Waals surface area contributed by atoms with Crippen LogP contribution in [0.2, 0.25) is 0 Å². The molecule has 0 saturated carbocycles. The van der Waals surface area contributed by atoms with E-state index in [1.54, 1.807) is 24.5 Å². The predicted molar refractivity (Wildman–Crippen MR) is 79.7 cm³/mol. The summed E-state index contributed by atoms with van der Waals surface area (Å²) in [5, 5.41) is 8.99. The molecular formula is C15H17N3OS. The van der Waals surface area contributed by atoms with Gasteiger partial charge in [-0.25, -0.2) is 4.98 Å². The van der Waals surface area contributed by atoms with Crippen LogP contribution in [0, 0.1) is 18.3 Å². The van der Waals surface area contributed by atoms with Crippen LogP contribution in [0.3, 0.4) is 0 Å². The van der Waals surface area contributed by atoms with E-state index in [0.29, 0.717) is 5.56 Å². The number of hydrogen-bond donors (Lipinski definition) is 0. The molecule has 0 unspecified atom stereocenters. The molecule has 0 N–H and O–H groups in total. The average Bonchev–Trinajstić information content (AvgIpc) is 2.84. The third-order valence-electron chi connectivity index (χ3n) is 3.11. The van der Waals surface area contributed by atoms with Crippen molar-refractivity contribution in [1.82, 2.24) is 9.88 Å². The predicted octanol–water partition coefficient (Wildman–Crippen LogP) is 2.96. The number of nitrogens with zero attached hydrogens (tertiary/aromatic N) is 3. The molecule has 0 spiro atoms. The number of rotatable bonds is 5. The molecule has 2 rings (SSSR count). The number of thiazole rings is 1. The first-order chi connectivity index (χ1) is 9.63. The van der Waals surface area contributed by atoms with Crippen molar-refractivity contribution in [3.8, 4) is 11.8 Å². The molecule has 0 fully saturated rings. The van der Waals surface area contributed by atoms with Crippen molar-refractivity contribution in [1.29, 1.82) is 5.26 Å². The normalized spacial score (nSPS) is 10.6. The second kappa shape index (κ2) is 6.51. The molecule has 0 aliphatic heterocycles. The monoisotopic (exact) mass is 287 g/mol. The van der Waals surface area contributed by atoms with Gasteiger partial charge in [0.05, 0.1) is 29.9 Å². The maximum absolute atomic E-state index is 8.99. The smallest absolute Gasteiger partial charge is 0.123 e. The first-order valence-electron chi connectivity index (χ1n) is 6.28. The molecule has 0 atom stereocenters. The van der Waals surface area contributed by atoms with Crippen molar-refractivity contribution in [2.24, 2.45) is 0 Å². The standard InChI is InChI=1S/C15H17N3OS/c1-11-15(20-10-17-11)9-18(2)8-13-6-12(7-16)4-5-14(13)19-3/h4-6,10H,8-9H2,1-3H3. The Kier molecular flexibility index (Phi) is 4.72. The Morgan fingerprint density at radius 1 is 1.40 bits per heavy atom. The molecular weight excluding hydrogens is 270 g/mol. The van der Waals surface area contributed by atoms with Gasteiger partial charge in [-0.15, -0.1) is 11.3 Å². The van der Waals surface area contributed by atoms with Gasteiger partial charge in [0.25, 0.3) is 0 Å². The lowest BCUT2D eigenvalue weighted by atomic mass is 10.1. The van der Waals surface area contributed by atoms with Gasteiger partial charge < -0.3 is 4.74 Å². The Balaban J connectivity index is 2.13. The van der Waals surface area contributed by atoms with Crippen LogP contribution in [-0.4, -0.2) is 24.0 Å². The molecule has 1 heterocycles. The van der Waals surface area contributed by atoms with E-state index in [2.05, 4.69) is 23.0 Å². The Bertz CT molecular complexity index is 630. The highest BCUT2D eigenvalue weighted by molar-refractivity contribution is 7.09. The number of aryl methyl sites for hydroxylation is 1. The van der Waals surface area contributed by atoms with E-state index < -0.39 is 0 Å². The van der Waals surface area contributed by atoms with Crippen molar-refractivity contribution in [3.05, 3.63) is 45.4 Å². The van der Waals surface area contributed by atoms with Crippen molar-refractivity contribution in [3.63, 3.8) is 0 Å². The molecule has 0 aliphatic carbocycles. The van der Waals surface area contributed by atoms with Crippen LogP contribution in [0.25, 0.3) is 0 Å². The average molecular weight is 287 g/mol. The SMILES string of the molecule is COc1ccc(C#N)cc1CN(C)Cc1scnc1C. The summed E-state index contributed by atoms with van der Waals surface area (Å²) in [5.74, 6) is 0.817. The largest absolute Gasteiger partial charge is 0.496 e. The quantitative estimate of drug-likeness (QED) is 0.848. The summed E-state index contributed by atoms with van der Waals surface area (Å²) in [5.41, 5.74) is 4.63. The van der Waals surface area contributed by atoms with Gasteiger partial charge in [0.2, 0.25) is 0 Å². The highest BCUT2D eigenvalue weighted by atomic mass is 32.1. The van der Waals surface area contributed by atoms with Gasteiger partial charge in [-0.3, -0.25) is 4.90 Å². The fourth-order valence-corrected chi connectivity index (χ4v) is 2.90. The number of hydrogen-bond acceptors (Lipinski definition) is 5. The number of aromatic nitrogens is 1. The Hall–Kier alpha value is -1.90. The minimum Gasteiger partial charge on any atom is -0.496 e. The van der Waals surface area contributed by atoms with E-state index in [4.69, 9.17) is 10.00 Å². The number of methoxy groups -OCH3 is 1. The topological polar surface area (TPSA) is 49.1 Å². The minimum absolute atomic E-state index is 0.656. The van der Waals surface area contributed by atoms with Gasteiger partial charge in [0.15, 0.2) is 0 Å². The Labute approximate surface area is 123 Å². The van der Waals surface area contributed by atoms with Crippen molar-refractivity contribution < 1.29 is 4.74 Å². The van der Waals surface area contributed by atoms with Crippen LogP contribution in [0.5, 0.6) is 5.75 Å². The molecule has 20 heavy (non-hydrogen) atoms. The lowest BCUT2D eigenvalue weighted by molar-refractivity contribution is 0.312. The number of ether oxygens (including phenoxy) is 1. The Morgan fingerprint density at radius 2 is 2.20 bits per heavy atom. The van der Waals surface area contributed by atoms with Gasteiger partial charge >= 0.3 is 0 Å². The molecule has 0 amide bonds. The van der Waals surface area contributed by atoms with Gasteiger partial charge in [-0.2, -0.15) is 5.26 Å². The van der Waals surface area contributed by atoms with E-state index in [-0.39, 0.29) is 0 Å². The first-order valence-corrected chi connectivity index (χ1v) is 7.16. The van der Waals surface area contributed by atoms with Gasteiger partial charge in [-0.1, -0.05) is 0 Å². The summed E-state index contributed by atoms with van der Waals surface area (Å²) in [4.78, 5) is 7.72. The van der Waals surface area contributed by atoms with Gasteiger partial charge in [0, 0.05) is 23.5 Å².